The molecule has 0 radical (unpaired) electrons. The predicted octanol–water partition coefficient (Wildman–Crippen LogP) is 3.99. The number of amides is 1. The zero-order chi connectivity index (χ0) is 17.5. The number of hydrogen-bond donors (Lipinski definition) is 1. The lowest BCUT2D eigenvalue weighted by Crippen LogP contribution is -2.22. The van der Waals surface area contributed by atoms with Crippen molar-refractivity contribution in [3.63, 3.8) is 0 Å². The van der Waals surface area contributed by atoms with E-state index in [9.17, 15) is 4.79 Å². The second kappa shape index (κ2) is 8.65. The molecule has 0 saturated carbocycles. The van der Waals surface area contributed by atoms with Crippen LogP contribution in [0.1, 0.15) is 35.2 Å². The normalized spacial score (nSPS) is 17.1. The fourth-order valence-corrected chi connectivity index (χ4v) is 2.78. The molecule has 1 amide bonds. The largest absolute Gasteiger partial charge is 0.495 e. The molecule has 1 aliphatic rings. The average Bonchev–Trinajstić information content (AvgIpc) is 2.68. The molecule has 5 nitrogen and oxygen atoms in total. The van der Waals surface area contributed by atoms with Crippen LogP contribution in [0.2, 0.25) is 0 Å². The molecule has 1 saturated heterocycles. The van der Waals surface area contributed by atoms with E-state index in [-0.39, 0.29) is 12.2 Å². The highest BCUT2D eigenvalue weighted by Gasteiger charge is 2.15. The van der Waals surface area contributed by atoms with Crippen molar-refractivity contribution in [1.29, 1.82) is 0 Å². The number of nitrogens with one attached hydrogen (secondary N) is 1. The summed E-state index contributed by atoms with van der Waals surface area (Å²) in [6.07, 6.45) is 3.01. The number of benzene rings is 2. The van der Waals surface area contributed by atoms with Gasteiger partial charge in [-0.05, 0) is 49.1 Å². The first kappa shape index (κ1) is 17.5. The fraction of sp³-hybridized carbons (Fsp3) is 0.350. The standard InChI is InChI=1S/C20H23NO4/c1-23-18-10-3-2-9-17(18)21-20(22)16-8-6-7-15(13-16)14-25-19-11-4-5-12-24-19/h2-3,6-10,13,19H,4-5,11-12,14H2,1H3,(H,21,22). The average molecular weight is 341 g/mol. The molecule has 0 bridgehead atoms. The Labute approximate surface area is 147 Å². The molecule has 3 rings (SSSR count). The number of carbonyl (C=O) groups is 1. The van der Waals surface area contributed by atoms with Gasteiger partial charge in [0, 0.05) is 12.2 Å². The summed E-state index contributed by atoms with van der Waals surface area (Å²) >= 11 is 0. The number of ether oxygens (including phenoxy) is 3. The lowest BCUT2D eigenvalue weighted by atomic mass is 10.1. The molecule has 1 N–H and O–H groups in total. The van der Waals surface area contributed by atoms with E-state index in [1.54, 1.807) is 13.2 Å². The molecular formula is C20H23NO4. The highest BCUT2D eigenvalue weighted by molar-refractivity contribution is 6.05. The van der Waals surface area contributed by atoms with Crippen molar-refractivity contribution in [2.24, 2.45) is 0 Å². The Balaban J connectivity index is 1.62. The number of rotatable bonds is 6. The van der Waals surface area contributed by atoms with Crippen molar-refractivity contribution in [3.05, 3.63) is 59.7 Å². The maximum Gasteiger partial charge on any atom is 0.255 e. The molecule has 0 aromatic heterocycles. The SMILES string of the molecule is COc1ccccc1NC(=O)c1cccc(COC2CCCCO2)c1. The minimum absolute atomic E-state index is 0.139. The molecule has 1 fully saturated rings. The van der Waals surface area contributed by atoms with Crippen LogP contribution < -0.4 is 10.1 Å². The Hall–Kier alpha value is -2.37. The van der Waals surface area contributed by atoms with Crippen LogP contribution in [0, 0.1) is 0 Å². The molecule has 25 heavy (non-hydrogen) atoms. The van der Waals surface area contributed by atoms with Gasteiger partial charge in [-0.25, -0.2) is 0 Å². The zero-order valence-corrected chi connectivity index (χ0v) is 14.4. The lowest BCUT2D eigenvalue weighted by Gasteiger charge is -2.22. The van der Waals surface area contributed by atoms with Gasteiger partial charge in [-0.1, -0.05) is 24.3 Å². The van der Waals surface area contributed by atoms with Crippen LogP contribution in [0.5, 0.6) is 5.75 Å². The van der Waals surface area contributed by atoms with E-state index >= 15 is 0 Å². The Morgan fingerprint density at radius 2 is 2.08 bits per heavy atom. The summed E-state index contributed by atoms with van der Waals surface area (Å²) in [5.41, 5.74) is 2.17. The summed E-state index contributed by atoms with van der Waals surface area (Å²) in [5, 5.41) is 2.88. The molecule has 2 aromatic carbocycles. The minimum Gasteiger partial charge on any atom is -0.495 e. The smallest absolute Gasteiger partial charge is 0.255 e. The second-order valence-electron chi connectivity index (χ2n) is 5.96. The van der Waals surface area contributed by atoms with Crippen molar-refractivity contribution < 1.29 is 19.0 Å². The monoisotopic (exact) mass is 341 g/mol. The van der Waals surface area contributed by atoms with Gasteiger partial charge in [-0.2, -0.15) is 0 Å². The molecule has 2 aromatic rings. The summed E-state index contributed by atoms with van der Waals surface area (Å²) < 4.78 is 16.6. The Morgan fingerprint density at radius 3 is 2.88 bits per heavy atom. The molecule has 0 aliphatic carbocycles. The Morgan fingerprint density at radius 1 is 1.20 bits per heavy atom. The van der Waals surface area contributed by atoms with Crippen LogP contribution in [0.25, 0.3) is 0 Å². The fourth-order valence-electron chi connectivity index (χ4n) is 2.78. The summed E-state index contributed by atoms with van der Waals surface area (Å²) in [6, 6.07) is 14.8. The quantitative estimate of drug-likeness (QED) is 0.863. The van der Waals surface area contributed by atoms with Crippen molar-refractivity contribution in [1.82, 2.24) is 0 Å². The number of para-hydroxylation sites is 2. The van der Waals surface area contributed by atoms with Crippen LogP contribution in [0.3, 0.4) is 0 Å². The maximum atomic E-state index is 12.5. The summed E-state index contributed by atoms with van der Waals surface area (Å²) in [5.74, 6) is 0.449. The third-order valence-electron chi connectivity index (χ3n) is 4.12. The van der Waals surface area contributed by atoms with E-state index in [1.165, 1.54) is 0 Å². The van der Waals surface area contributed by atoms with Gasteiger partial charge in [-0.3, -0.25) is 4.79 Å². The summed E-state index contributed by atoms with van der Waals surface area (Å²) in [6.45, 7) is 1.19. The van der Waals surface area contributed by atoms with Gasteiger partial charge in [0.15, 0.2) is 6.29 Å². The van der Waals surface area contributed by atoms with Gasteiger partial charge in [-0.15, -0.1) is 0 Å². The number of hydrogen-bond acceptors (Lipinski definition) is 4. The van der Waals surface area contributed by atoms with E-state index in [4.69, 9.17) is 14.2 Å². The number of carbonyl (C=O) groups excluding carboxylic acids is 1. The van der Waals surface area contributed by atoms with E-state index in [0.29, 0.717) is 23.6 Å². The van der Waals surface area contributed by atoms with Crippen LogP contribution in [-0.4, -0.2) is 25.9 Å². The zero-order valence-electron chi connectivity index (χ0n) is 14.4. The van der Waals surface area contributed by atoms with Crippen molar-refractivity contribution >= 4 is 11.6 Å². The third-order valence-corrected chi connectivity index (χ3v) is 4.12. The first-order valence-corrected chi connectivity index (χ1v) is 8.53. The summed E-state index contributed by atoms with van der Waals surface area (Å²) in [7, 11) is 1.58. The molecular weight excluding hydrogens is 318 g/mol. The van der Waals surface area contributed by atoms with E-state index in [0.717, 1.165) is 31.4 Å². The van der Waals surface area contributed by atoms with Crippen LogP contribution in [0.15, 0.2) is 48.5 Å². The van der Waals surface area contributed by atoms with Gasteiger partial charge in [0.05, 0.1) is 19.4 Å². The second-order valence-corrected chi connectivity index (χ2v) is 5.96. The molecule has 1 aliphatic heterocycles. The van der Waals surface area contributed by atoms with Gasteiger partial charge >= 0.3 is 0 Å². The van der Waals surface area contributed by atoms with Crippen LogP contribution in [-0.2, 0) is 16.1 Å². The van der Waals surface area contributed by atoms with Gasteiger partial charge in [0.1, 0.15) is 5.75 Å². The third kappa shape index (κ3) is 4.81. The van der Waals surface area contributed by atoms with Crippen LogP contribution >= 0.6 is 0 Å². The molecule has 1 unspecified atom stereocenters. The summed E-state index contributed by atoms with van der Waals surface area (Å²) in [4.78, 5) is 12.5. The Kier molecular flexibility index (Phi) is 6.04. The highest BCUT2D eigenvalue weighted by Crippen LogP contribution is 2.24. The topological polar surface area (TPSA) is 56.8 Å². The van der Waals surface area contributed by atoms with Crippen molar-refractivity contribution in [3.8, 4) is 5.75 Å². The minimum atomic E-state index is -0.180. The maximum absolute atomic E-state index is 12.5. The molecule has 1 heterocycles. The van der Waals surface area contributed by atoms with Gasteiger partial charge in [0.2, 0.25) is 0 Å². The van der Waals surface area contributed by atoms with Gasteiger partial charge < -0.3 is 19.5 Å². The van der Waals surface area contributed by atoms with E-state index in [2.05, 4.69) is 5.32 Å². The van der Waals surface area contributed by atoms with Gasteiger partial charge in [0.25, 0.3) is 5.91 Å². The highest BCUT2D eigenvalue weighted by atomic mass is 16.7. The number of methoxy groups -OCH3 is 1. The predicted molar refractivity (Wildman–Crippen MR) is 95.8 cm³/mol. The van der Waals surface area contributed by atoms with E-state index < -0.39 is 0 Å². The van der Waals surface area contributed by atoms with Crippen molar-refractivity contribution in [2.45, 2.75) is 32.2 Å². The van der Waals surface area contributed by atoms with Crippen molar-refractivity contribution in [2.75, 3.05) is 19.0 Å². The molecule has 132 valence electrons. The Bertz CT molecular complexity index is 710. The molecule has 5 heteroatoms. The van der Waals surface area contributed by atoms with E-state index in [1.807, 2.05) is 42.5 Å². The number of anilines is 1. The lowest BCUT2D eigenvalue weighted by molar-refractivity contribution is -0.168. The first-order valence-electron chi connectivity index (χ1n) is 8.53. The molecule has 1 atom stereocenters. The molecule has 0 spiro atoms. The first-order chi connectivity index (χ1) is 12.3. The van der Waals surface area contributed by atoms with Crippen LogP contribution in [0.4, 0.5) is 5.69 Å².